The minimum absolute atomic E-state index is 0.0734. The summed E-state index contributed by atoms with van der Waals surface area (Å²) in [7, 11) is 1.25. The van der Waals surface area contributed by atoms with E-state index in [0.717, 1.165) is 0 Å². The first-order valence-electron chi connectivity index (χ1n) is 9.92. The molecule has 2 rings (SSSR count). The number of ether oxygens (including phenoxy) is 3. The Kier molecular flexibility index (Phi) is 6.62. The maximum atomic E-state index is 12.1. The second kappa shape index (κ2) is 8.30. The lowest BCUT2D eigenvalue weighted by Gasteiger charge is -2.57. The van der Waals surface area contributed by atoms with Crippen LogP contribution in [0.15, 0.2) is 24.3 Å². The van der Waals surface area contributed by atoms with Gasteiger partial charge in [-0.3, -0.25) is 9.59 Å². The Morgan fingerprint density at radius 3 is 2.34 bits per heavy atom. The number of rotatable bonds is 5. The number of hydrogen-bond donors (Lipinski definition) is 1. The predicted octanol–water partition coefficient (Wildman–Crippen LogP) is 2.71. The van der Waals surface area contributed by atoms with Crippen molar-refractivity contribution in [3.63, 3.8) is 0 Å². The summed E-state index contributed by atoms with van der Waals surface area (Å²) in [6.07, 6.45) is 0.240. The second-order valence-corrected chi connectivity index (χ2v) is 8.74. The summed E-state index contributed by atoms with van der Waals surface area (Å²) in [5.74, 6) is -2.38. The monoisotopic (exact) mass is 408 g/mol. The molecule has 29 heavy (non-hydrogen) atoms. The van der Waals surface area contributed by atoms with Crippen LogP contribution in [0.25, 0.3) is 0 Å². The molecule has 2 fully saturated rings. The summed E-state index contributed by atoms with van der Waals surface area (Å²) < 4.78 is 15.9. The van der Waals surface area contributed by atoms with Gasteiger partial charge in [0.05, 0.1) is 18.6 Å². The Morgan fingerprint density at radius 1 is 1.21 bits per heavy atom. The molecule has 2 saturated carbocycles. The quantitative estimate of drug-likeness (QED) is 0.323. The van der Waals surface area contributed by atoms with E-state index >= 15 is 0 Å². The van der Waals surface area contributed by atoms with Crippen molar-refractivity contribution >= 4 is 17.9 Å². The number of carbonyl (C=O) groups is 3. The number of hydrogen-bond acceptors (Lipinski definition) is 7. The third kappa shape index (κ3) is 4.25. The molecule has 2 aliphatic rings. The molecule has 162 valence electrons. The first kappa shape index (κ1) is 23.1. The molecule has 7 nitrogen and oxygen atoms in total. The molecule has 0 heterocycles. The summed E-state index contributed by atoms with van der Waals surface area (Å²) in [6, 6.07) is 0. The van der Waals surface area contributed by atoms with E-state index in [2.05, 4.69) is 13.2 Å². The fourth-order valence-electron chi connectivity index (χ4n) is 4.54. The van der Waals surface area contributed by atoms with Crippen LogP contribution in [0, 0.1) is 17.3 Å². The highest BCUT2D eigenvalue weighted by molar-refractivity contribution is 5.88. The lowest BCUT2D eigenvalue weighted by Crippen LogP contribution is -2.61. The molecule has 0 aromatic rings. The van der Waals surface area contributed by atoms with E-state index in [0.29, 0.717) is 24.8 Å². The van der Waals surface area contributed by atoms with Gasteiger partial charge in [-0.2, -0.15) is 0 Å². The van der Waals surface area contributed by atoms with Crippen molar-refractivity contribution in [1.82, 2.24) is 0 Å². The van der Waals surface area contributed by atoms with Crippen LogP contribution in [0.5, 0.6) is 0 Å². The van der Waals surface area contributed by atoms with Crippen LogP contribution in [-0.4, -0.2) is 47.9 Å². The molecule has 7 heteroatoms. The smallest absolute Gasteiger partial charge is 0.333 e. The van der Waals surface area contributed by atoms with Gasteiger partial charge in [0.1, 0.15) is 12.2 Å². The highest BCUT2D eigenvalue weighted by Gasteiger charge is 2.61. The van der Waals surface area contributed by atoms with E-state index in [4.69, 9.17) is 14.2 Å². The summed E-state index contributed by atoms with van der Waals surface area (Å²) in [5, 5.41) is 11.7. The van der Waals surface area contributed by atoms with E-state index in [9.17, 15) is 19.5 Å². The molecule has 5 atom stereocenters. The normalized spacial score (nSPS) is 34.2. The SMILES string of the molecule is C=C(C(=O)OC)C1CC2(O)C(=C)C(OC(=O)C(C)C)CCC2(C)CC1OC(C)=O. The van der Waals surface area contributed by atoms with Crippen LogP contribution >= 0.6 is 0 Å². The highest BCUT2D eigenvalue weighted by atomic mass is 16.6. The molecule has 1 N–H and O–H groups in total. The molecule has 0 radical (unpaired) electrons. The van der Waals surface area contributed by atoms with Crippen LogP contribution < -0.4 is 0 Å². The minimum atomic E-state index is -1.41. The van der Waals surface area contributed by atoms with Crippen LogP contribution in [-0.2, 0) is 28.6 Å². The van der Waals surface area contributed by atoms with Gasteiger partial charge < -0.3 is 19.3 Å². The van der Waals surface area contributed by atoms with E-state index in [1.807, 2.05) is 6.92 Å². The average Bonchev–Trinajstić information content (AvgIpc) is 2.64. The van der Waals surface area contributed by atoms with E-state index in [1.54, 1.807) is 13.8 Å². The van der Waals surface area contributed by atoms with Gasteiger partial charge in [0.25, 0.3) is 0 Å². The maximum absolute atomic E-state index is 12.1. The zero-order chi connectivity index (χ0) is 22.1. The summed E-state index contributed by atoms with van der Waals surface area (Å²) in [4.78, 5) is 35.9. The number of fused-ring (bicyclic) bond motifs is 1. The number of methoxy groups -OCH3 is 1. The zero-order valence-electron chi connectivity index (χ0n) is 17.9. The molecular formula is C22H32O7. The van der Waals surface area contributed by atoms with Gasteiger partial charge >= 0.3 is 17.9 Å². The molecule has 0 bridgehead atoms. The molecule has 0 saturated heterocycles. The van der Waals surface area contributed by atoms with Gasteiger partial charge in [-0.05, 0) is 31.3 Å². The molecule has 5 unspecified atom stereocenters. The van der Waals surface area contributed by atoms with E-state index in [-0.39, 0.29) is 23.9 Å². The maximum Gasteiger partial charge on any atom is 0.333 e. The second-order valence-electron chi connectivity index (χ2n) is 8.74. The van der Waals surface area contributed by atoms with Crippen LogP contribution in [0.3, 0.4) is 0 Å². The van der Waals surface area contributed by atoms with Crippen molar-refractivity contribution in [3.8, 4) is 0 Å². The molecule has 0 spiro atoms. The van der Waals surface area contributed by atoms with Gasteiger partial charge in [-0.1, -0.05) is 33.9 Å². The summed E-state index contributed by atoms with van der Waals surface area (Å²) in [6.45, 7) is 14.6. The van der Waals surface area contributed by atoms with Crippen LogP contribution in [0.2, 0.25) is 0 Å². The Labute approximate surface area is 172 Å². The Bertz CT molecular complexity index is 725. The Hall–Kier alpha value is -2.15. The zero-order valence-corrected chi connectivity index (χ0v) is 17.9. The highest BCUT2D eigenvalue weighted by Crippen LogP contribution is 2.58. The van der Waals surface area contributed by atoms with E-state index < -0.39 is 41.1 Å². The van der Waals surface area contributed by atoms with Crippen LogP contribution in [0.1, 0.15) is 53.4 Å². The molecule has 0 aliphatic heterocycles. The lowest BCUT2D eigenvalue weighted by molar-refractivity contribution is -0.185. The lowest BCUT2D eigenvalue weighted by atomic mass is 9.52. The van der Waals surface area contributed by atoms with Crippen LogP contribution in [0.4, 0.5) is 0 Å². The van der Waals surface area contributed by atoms with Gasteiger partial charge in [0.15, 0.2) is 0 Å². The van der Waals surface area contributed by atoms with Gasteiger partial charge in [-0.25, -0.2) is 4.79 Å². The summed E-state index contributed by atoms with van der Waals surface area (Å²) in [5.41, 5.74) is -1.53. The number of esters is 3. The average molecular weight is 408 g/mol. The van der Waals surface area contributed by atoms with E-state index in [1.165, 1.54) is 14.0 Å². The fourth-order valence-corrected chi connectivity index (χ4v) is 4.54. The summed E-state index contributed by atoms with van der Waals surface area (Å²) >= 11 is 0. The largest absolute Gasteiger partial charge is 0.466 e. The molecule has 0 aromatic heterocycles. The predicted molar refractivity (Wildman–Crippen MR) is 106 cm³/mol. The Morgan fingerprint density at radius 2 is 1.83 bits per heavy atom. The molecule has 2 aliphatic carbocycles. The van der Waals surface area contributed by atoms with Crippen molar-refractivity contribution in [1.29, 1.82) is 0 Å². The van der Waals surface area contributed by atoms with Crippen molar-refractivity contribution < 1.29 is 33.7 Å². The first-order valence-corrected chi connectivity index (χ1v) is 9.92. The standard InChI is InChI=1S/C22H32O7/c1-12(2)19(24)29-17-8-9-21(6)11-18(28-15(5)23)16(13(3)20(25)27-7)10-22(21,26)14(17)4/h12,16-18,26H,3-4,8-11H2,1-2,5-7H3. The first-order chi connectivity index (χ1) is 13.4. The van der Waals surface area contributed by atoms with Crippen molar-refractivity contribution in [2.45, 2.75) is 71.2 Å². The molecule has 0 amide bonds. The van der Waals surface area contributed by atoms with Crippen molar-refractivity contribution in [3.05, 3.63) is 24.3 Å². The van der Waals surface area contributed by atoms with Gasteiger partial charge in [-0.15, -0.1) is 0 Å². The fraction of sp³-hybridized carbons (Fsp3) is 0.682. The number of aliphatic hydroxyl groups is 1. The molecular weight excluding hydrogens is 376 g/mol. The third-order valence-corrected chi connectivity index (χ3v) is 6.43. The van der Waals surface area contributed by atoms with Crippen molar-refractivity contribution in [2.24, 2.45) is 17.3 Å². The van der Waals surface area contributed by atoms with Gasteiger partial charge in [0, 0.05) is 23.8 Å². The van der Waals surface area contributed by atoms with Crippen molar-refractivity contribution in [2.75, 3.05) is 7.11 Å². The molecule has 0 aromatic carbocycles. The Balaban J connectivity index is 2.38. The number of carbonyl (C=O) groups excluding carboxylic acids is 3. The minimum Gasteiger partial charge on any atom is -0.466 e. The van der Waals surface area contributed by atoms with Gasteiger partial charge in [0.2, 0.25) is 0 Å². The topological polar surface area (TPSA) is 99.1 Å². The third-order valence-electron chi connectivity index (χ3n) is 6.43.